The Bertz CT molecular complexity index is 876. The van der Waals surface area contributed by atoms with Crippen molar-refractivity contribution in [3.63, 3.8) is 0 Å². The van der Waals surface area contributed by atoms with Crippen molar-refractivity contribution in [1.82, 2.24) is 9.88 Å². The van der Waals surface area contributed by atoms with Gasteiger partial charge >= 0.3 is 0 Å². The maximum absolute atomic E-state index is 12.8. The second kappa shape index (κ2) is 7.23. The number of allylic oxidation sites excluding steroid dienone is 2. The molecule has 7 heteroatoms. The Morgan fingerprint density at radius 1 is 1.19 bits per heavy atom. The van der Waals surface area contributed by atoms with Gasteiger partial charge in [0.1, 0.15) is 0 Å². The zero-order chi connectivity index (χ0) is 19.0. The number of hydrogen-bond donors (Lipinski definition) is 0. The predicted octanol–water partition coefficient (Wildman–Crippen LogP) is 2.99. The molecule has 0 N–H and O–H groups in total. The topological polar surface area (TPSA) is 70.6 Å². The number of nitrogens with zero attached hydrogens (tertiary/aromatic N) is 3. The molecule has 1 aliphatic carbocycles. The van der Waals surface area contributed by atoms with Crippen LogP contribution in [-0.4, -0.2) is 40.7 Å². The number of anilines is 1. The second-order valence-electron chi connectivity index (χ2n) is 6.84. The monoisotopic (exact) mass is 383 g/mol. The number of aromatic nitrogens is 1. The van der Waals surface area contributed by atoms with E-state index in [1.165, 1.54) is 16.2 Å². The summed E-state index contributed by atoms with van der Waals surface area (Å²) in [6.45, 7) is 2.54. The van der Waals surface area contributed by atoms with E-state index in [1.54, 1.807) is 4.90 Å². The molecule has 1 saturated heterocycles. The number of fused-ring (bicyclic) bond motifs is 2. The number of likely N-dealkylation sites (tertiary alicyclic amines) is 1. The van der Waals surface area contributed by atoms with Gasteiger partial charge in [-0.3, -0.25) is 24.2 Å². The van der Waals surface area contributed by atoms with Gasteiger partial charge in [-0.05, 0) is 31.9 Å². The molecule has 2 atom stereocenters. The maximum atomic E-state index is 12.8. The maximum Gasteiger partial charge on any atom is 0.233 e. The van der Waals surface area contributed by atoms with Crippen molar-refractivity contribution in [2.75, 3.05) is 18.0 Å². The highest BCUT2D eigenvalue weighted by atomic mass is 32.1. The van der Waals surface area contributed by atoms with Crippen LogP contribution in [0.5, 0.6) is 0 Å². The summed E-state index contributed by atoms with van der Waals surface area (Å²) in [5.41, 5.74) is 0.866. The van der Waals surface area contributed by atoms with Crippen LogP contribution in [0, 0.1) is 11.8 Å². The minimum atomic E-state index is -0.246. The van der Waals surface area contributed by atoms with Crippen LogP contribution in [0.25, 0.3) is 10.2 Å². The molecule has 2 aliphatic rings. The molecule has 6 nitrogen and oxygen atoms in total. The Hall–Kier alpha value is -2.54. The molecule has 1 aromatic carbocycles. The molecule has 2 heterocycles. The fourth-order valence-electron chi connectivity index (χ4n) is 3.83. The Balaban J connectivity index is 1.45. The molecule has 3 amide bonds. The number of amides is 3. The van der Waals surface area contributed by atoms with Crippen molar-refractivity contribution in [1.29, 1.82) is 0 Å². The van der Waals surface area contributed by atoms with E-state index in [9.17, 15) is 14.4 Å². The predicted molar refractivity (Wildman–Crippen MR) is 104 cm³/mol. The molecule has 4 rings (SSSR count). The van der Waals surface area contributed by atoms with Crippen molar-refractivity contribution in [3.8, 4) is 0 Å². The van der Waals surface area contributed by atoms with Gasteiger partial charge in [-0.15, -0.1) is 0 Å². The van der Waals surface area contributed by atoms with Crippen LogP contribution >= 0.6 is 11.3 Å². The summed E-state index contributed by atoms with van der Waals surface area (Å²) in [5, 5.41) is 0.653. The van der Waals surface area contributed by atoms with E-state index in [4.69, 9.17) is 0 Å². The van der Waals surface area contributed by atoms with Crippen LogP contribution in [0.15, 0.2) is 36.4 Å². The van der Waals surface area contributed by atoms with Crippen LogP contribution in [-0.2, 0) is 14.4 Å². The number of rotatable bonds is 5. The first-order chi connectivity index (χ1) is 13.1. The SMILES string of the molecule is CCN(C(=O)CCN1C(=O)C2CC=CCC2C1=O)c1nc2ccccc2s1. The van der Waals surface area contributed by atoms with Crippen molar-refractivity contribution in [3.05, 3.63) is 36.4 Å². The lowest BCUT2D eigenvalue weighted by Crippen LogP contribution is -2.37. The van der Waals surface area contributed by atoms with Crippen molar-refractivity contribution in [2.45, 2.75) is 26.2 Å². The third-order valence-electron chi connectivity index (χ3n) is 5.28. The zero-order valence-corrected chi connectivity index (χ0v) is 15.9. The van der Waals surface area contributed by atoms with E-state index in [0.717, 1.165) is 10.2 Å². The van der Waals surface area contributed by atoms with Gasteiger partial charge < -0.3 is 0 Å². The molecular weight excluding hydrogens is 362 g/mol. The summed E-state index contributed by atoms with van der Waals surface area (Å²) >= 11 is 1.47. The van der Waals surface area contributed by atoms with E-state index in [2.05, 4.69) is 4.98 Å². The first-order valence-electron chi connectivity index (χ1n) is 9.26. The zero-order valence-electron chi connectivity index (χ0n) is 15.1. The minimum Gasteiger partial charge on any atom is -0.288 e. The lowest BCUT2D eigenvalue weighted by Gasteiger charge is -2.20. The fourth-order valence-corrected chi connectivity index (χ4v) is 4.87. The summed E-state index contributed by atoms with van der Waals surface area (Å²) in [7, 11) is 0. The standard InChI is InChI=1S/C20H21N3O3S/c1-2-22(20-21-15-9-5-6-10-16(15)27-20)17(24)11-12-23-18(25)13-7-3-4-8-14(13)19(23)26/h3-6,9-10,13-14H,2,7-8,11-12H2,1H3. The lowest BCUT2D eigenvalue weighted by molar-refractivity contribution is -0.140. The summed E-state index contributed by atoms with van der Waals surface area (Å²) in [6, 6.07) is 7.77. The highest BCUT2D eigenvalue weighted by Crippen LogP contribution is 2.35. The Kier molecular flexibility index (Phi) is 4.78. The molecule has 0 radical (unpaired) electrons. The summed E-state index contributed by atoms with van der Waals surface area (Å²) in [4.78, 5) is 45.3. The van der Waals surface area contributed by atoms with Gasteiger partial charge in [0.25, 0.3) is 0 Å². The number of imide groups is 1. The number of thiazole rings is 1. The van der Waals surface area contributed by atoms with Crippen LogP contribution in [0.3, 0.4) is 0 Å². The Labute approximate surface area is 161 Å². The smallest absolute Gasteiger partial charge is 0.233 e. The summed E-state index contributed by atoms with van der Waals surface area (Å²) in [5.74, 6) is -0.881. The number of para-hydroxylation sites is 1. The Morgan fingerprint density at radius 2 is 1.85 bits per heavy atom. The van der Waals surface area contributed by atoms with Gasteiger partial charge in [-0.2, -0.15) is 0 Å². The number of benzene rings is 1. The van der Waals surface area contributed by atoms with E-state index in [-0.39, 0.29) is 42.5 Å². The highest BCUT2D eigenvalue weighted by Gasteiger charge is 2.47. The van der Waals surface area contributed by atoms with Gasteiger partial charge in [-0.1, -0.05) is 35.6 Å². The van der Waals surface area contributed by atoms with Crippen molar-refractivity contribution in [2.24, 2.45) is 11.8 Å². The number of carbonyl (C=O) groups is 3. The first kappa shape index (κ1) is 17.9. The molecule has 1 aliphatic heterocycles. The third-order valence-corrected chi connectivity index (χ3v) is 6.34. The molecular formula is C20H21N3O3S. The van der Waals surface area contributed by atoms with Gasteiger partial charge in [0.2, 0.25) is 17.7 Å². The Morgan fingerprint density at radius 3 is 2.48 bits per heavy atom. The van der Waals surface area contributed by atoms with E-state index >= 15 is 0 Å². The molecule has 0 bridgehead atoms. The average molecular weight is 383 g/mol. The van der Waals surface area contributed by atoms with Gasteiger partial charge in [-0.25, -0.2) is 4.98 Å². The van der Waals surface area contributed by atoms with Crippen molar-refractivity contribution >= 4 is 44.4 Å². The molecule has 2 aromatic rings. The molecule has 1 fully saturated rings. The van der Waals surface area contributed by atoms with Crippen LogP contribution in [0.4, 0.5) is 5.13 Å². The fraction of sp³-hybridized carbons (Fsp3) is 0.400. The largest absolute Gasteiger partial charge is 0.288 e. The number of hydrogen-bond acceptors (Lipinski definition) is 5. The molecule has 27 heavy (non-hydrogen) atoms. The van der Waals surface area contributed by atoms with Crippen LogP contribution in [0.1, 0.15) is 26.2 Å². The summed E-state index contributed by atoms with van der Waals surface area (Å²) < 4.78 is 1.03. The van der Waals surface area contributed by atoms with E-state index in [1.807, 2.05) is 43.3 Å². The van der Waals surface area contributed by atoms with Crippen LogP contribution < -0.4 is 4.90 Å². The van der Waals surface area contributed by atoms with E-state index < -0.39 is 0 Å². The molecule has 0 saturated carbocycles. The highest BCUT2D eigenvalue weighted by molar-refractivity contribution is 7.22. The minimum absolute atomic E-state index is 0.119. The molecule has 1 aromatic heterocycles. The van der Waals surface area contributed by atoms with E-state index in [0.29, 0.717) is 24.5 Å². The van der Waals surface area contributed by atoms with Gasteiger partial charge in [0, 0.05) is 19.5 Å². The average Bonchev–Trinajstić information content (AvgIpc) is 3.21. The molecule has 140 valence electrons. The summed E-state index contributed by atoms with van der Waals surface area (Å²) in [6.07, 6.45) is 5.28. The van der Waals surface area contributed by atoms with Crippen LogP contribution in [0.2, 0.25) is 0 Å². The molecule has 0 spiro atoms. The number of carbonyl (C=O) groups excluding carboxylic acids is 3. The quantitative estimate of drug-likeness (QED) is 0.588. The second-order valence-corrected chi connectivity index (χ2v) is 7.85. The van der Waals surface area contributed by atoms with Gasteiger partial charge in [0.05, 0.1) is 22.1 Å². The first-order valence-corrected chi connectivity index (χ1v) is 10.1. The normalized spacial score (nSPS) is 21.7. The molecule has 2 unspecified atom stereocenters. The third kappa shape index (κ3) is 3.16. The lowest BCUT2D eigenvalue weighted by atomic mass is 9.85. The van der Waals surface area contributed by atoms with Gasteiger partial charge in [0.15, 0.2) is 5.13 Å². The van der Waals surface area contributed by atoms with Crippen molar-refractivity contribution < 1.29 is 14.4 Å².